The van der Waals surface area contributed by atoms with Gasteiger partial charge in [-0.1, -0.05) is 12.1 Å². The van der Waals surface area contributed by atoms with Crippen LogP contribution in [-0.2, 0) is 4.79 Å². The molecule has 2 aromatic carbocycles. The molecule has 0 saturated carbocycles. The Morgan fingerprint density at radius 1 is 1.14 bits per heavy atom. The lowest BCUT2D eigenvalue weighted by atomic mass is 10.2. The third kappa shape index (κ3) is 5.88. The Morgan fingerprint density at radius 2 is 1.86 bits per heavy atom. The second-order valence-corrected chi connectivity index (χ2v) is 8.38. The van der Waals surface area contributed by atoms with Crippen molar-refractivity contribution in [1.82, 2.24) is 10.3 Å². The third-order valence-electron chi connectivity index (χ3n) is 3.80. The Kier molecular flexibility index (Phi) is 7.00. The molecule has 3 aromatic rings. The van der Waals surface area contributed by atoms with Crippen molar-refractivity contribution in [3.63, 3.8) is 0 Å². The van der Waals surface area contributed by atoms with E-state index in [2.05, 4.69) is 15.6 Å². The summed E-state index contributed by atoms with van der Waals surface area (Å²) in [6.07, 6.45) is 0. The summed E-state index contributed by atoms with van der Waals surface area (Å²) < 4.78 is 13.1. The molecular formula is C21H20FN3O2S2. The van der Waals surface area contributed by atoms with Gasteiger partial charge in [0.05, 0.1) is 17.0 Å². The molecular weight excluding hydrogens is 409 g/mol. The van der Waals surface area contributed by atoms with E-state index in [1.165, 1.54) is 35.2 Å². The lowest BCUT2D eigenvalue weighted by Gasteiger charge is -2.10. The van der Waals surface area contributed by atoms with Gasteiger partial charge >= 0.3 is 0 Å². The van der Waals surface area contributed by atoms with Crippen LogP contribution in [0.4, 0.5) is 9.52 Å². The van der Waals surface area contributed by atoms with Gasteiger partial charge < -0.3 is 5.32 Å². The molecule has 3 rings (SSSR count). The second kappa shape index (κ2) is 9.67. The summed E-state index contributed by atoms with van der Waals surface area (Å²) in [6, 6.07) is 13.2. The fourth-order valence-electron chi connectivity index (χ4n) is 2.54. The van der Waals surface area contributed by atoms with E-state index in [9.17, 15) is 14.0 Å². The first kappa shape index (κ1) is 21.0. The van der Waals surface area contributed by atoms with Gasteiger partial charge in [-0.3, -0.25) is 14.9 Å². The van der Waals surface area contributed by atoms with Crippen molar-refractivity contribution in [3.8, 4) is 11.3 Å². The Hall–Kier alpha value is -2.71. The van der Waals surface area contributed by atoms with Crippen LogP contribution in [0.15, 0.2) is 58.8 Å². The average Bonchev–Trinajstić information content (AvgIpc) is 3.15. The van der Waals surface area contributed by atoms with Crippen molar-refractivity contribution >= 4 is 40.0 Å². The summed E-state index contributed by atoms with van der Waals surface area (Å²) in [5.74, 6) is -0.454. The lowest BCUT2D eigenvalue weighted by molar-refractivity contribution is -0.119. The van der Waals surface area contributed by atoms with Crippen LogP contribution in [0.1, 0.15) is 24.2 Å². The number of anilines is 1. The Morgan fingerprint density at radius 3 is 2.59 bits per heavy atom. The summed E-state index contributed by atoms with van der Waals surface area (Å²) in [6.45, 7) is 3.80. The monoisotopic (exact) mass is 429 g/mol. The SMILES string of the molecule is CC(C)NC(=O)CSc1ccccc1C(=O)Nc1nc(-c2ccc(F)cc2)cs1. The molecule has 150 valence electrons. The van der Waals surface area contributed by atoms with Gasteiger partial charge in [-0.2, -0.15) is 0 Å². The van der Waals surface area contributed by atoms with E-state index in [1.807, 2.05) is 26.0 Å². The predicted molar refractivity (Wildman–Crippen MR) is 116 cm³/mol. The third-order valence-corrected chi connectivity index (χ3v) is 5.64. The highest BCUT2D eigenvalue weighted by Crippen LogP contribution is 2.27. The van der Waals surface area contributed by atoms with Gasteiger partial charge in [-0.15, -0.1) is 23.1 Å². The van der Waals surface area contributed by atoms with Crippen LogP contribution < -0.4 is 10.6 Å². The highest BCUT2D eigenvalue weighted by Gasteiger charge is 2.15. The number of hydrogen-bond donors (Lipinski definition) is 2. The molecule has 29 heavy (non-hydrogen) atoms. The molecule has 0 radical (unpaired) electrons. The number of carbonyl (C=O) groups excluding carboxylic acids is 2. The smallest absolute Gasteiger partial charge is 0.258 e. The highest BCUT2D eigenvalue weighted by atomic mass is 32.2. The molecule has 0 aliphatic heterocycles. The molecule has 0 fully saturated rings. The number of nitrogens with zero attached hydrogens (tertiary/aromatic N) is 1. The first-order valence-electron chi connectivity index (χ1n) is 8.96. The fraction of sp³-hybridized carbons (Fsp3) is 0.190. The summed E-state index contributed by atoms with van der Waals surface area (Å²) in [4.78, 5) is 29.8. The van der Waals surface area contributed by atoms with Crippen molar-refractivity contribution in [2.75, 3.05) is 11.1 Å². The summed E-state index contributed by atoms with van der Waals surface area (Å²) in [7, 11) is 0. The maximum Gasteiger partial charge on any atom is 0.258 e. The summed E-state index contributed by atoms with van der Waals surface area (Å²) in [5, 5.41) is 7.89. The van der Waals surface area contributed by atoms with Crippen LogP contribution in [0.2, 0.25) is 0 Å². The highest BCUT2D eigenvalue weighted by molar-refractivity contribution is 8.00. The molecule has 0 saturated heterocycles. The maximum atomic E-state index is 13.1. The molecule has 1 aromatic heterocycles. The molecule has 0 atom stereocenters. The predicted octanol–water partition coefficient (Wildman–Crippen LogP) is 4.82. The minimum atomic E-state index is -0.311. The van der Waals surface area contributed by atoms with Gasteiger partial charge in [0, 0.05) is 21.9 Å². The maximum absolute atomic E-state index is 13.1. The summed E-state index contributed by atoms with van der Waals surface area (Å²) >= 11 is 2.61. The van der Waals surface area contributed by atoms with Crippen LogP contribution in [0, 0.1) is 5.82 Å². The van der Waals surface area contributed by atoms with Crippen LogP contribution in [0.25, 0.3) is 11.3 Å². The molecule has 0 unspecified atom stereocenters. The van der Waals surface area contributed by atoms with Gasteiger partial charge in [0.2, 0.25) is 5.91 Å². The minimum Gasteiger partial charge on any atom is -0.353 e. The molecule has 2 amide bonds. The number of hydrogen-bond acceptors (Lipinski definition) is 5. The van der Waals surface area contributed by atoms with E-state index in [4.69, 9.17) is 0 Å². The number of halogens is 1. The number of thioether (sulfide) groups is 1. The van der Waals surface area contributed by atoms with Crippen LogP contribution >= 0.6 is 23.1 Å². The van der Waals surface area contributed by atoms with E-state index < -0.39 is 0 Å². The Labute approximate surface area is 176 Å². The first-order valence-corrected chi connectivity index (χ1v) is 10.8. The van der Waals surface area contributed by atoms with Crippen molar-refractivity contribution in [2.24, 2.45) is 0 Å². The van der Waals surface area contributed by atoms with Crippen molar-refractivity contribution < 1.29 is 14.0 Å². The molecule has 0 bridgehead atoms. The molecule has 5 nitrogen and oxygen atoms in total. The van der Waals surface area contributed by atoms with E-state index >= 15 is 0 Å². The van der Waals surface area contributed by atoms with Crippen molar-refractivity contribution in [1.29, 1.82) is 0 Å². The lowest BCUT2D eigenvalue weighted by Crippen LogP contribution is -2.31. The number of benzene rings is 2. The fourth-order valence-corrected chi connectivity index (χ4v) is 4.11. The largest absolute Gasteiger partial charge is 0.353 e. The topological polar surface area (TPSA) is 71.1 Å². The number of nitrogens with one attached hydrogen (secondary N) is 2. The van der Waals surface area contributed by atoms with Gasteiger partial charge in [-0.05, 0) is 50.2 Å². The number of amides is 2. The van der Waals surface area contributed by atoms with E-state index in [0.29, 0.717) is 16.4 Å². The normalized spacial score (nSPS) is 10.8. The zero-order valence-corrected chi connectivity index (χ0v) is 17.6. The van der Waals surface area contributed by atoms with Crippen molar-refractivity contribution in [2.45, 2.75) is 24.8 Å². The molecule has 0 aliphatic rings. The van der Waals surface area contributed by atoms with Crippen LogP contribution in [-0.4, -0.2) is 28.6 Å². The number of carbonyl (C=O) groups is 2. The number of aromatic nitrogens is 1. The van der Waals surface area contributed by atoms with Gasteiger partial charge in [-0.25, -0.2) is 9.37 Å². The Bertz CT molecular complexity index is 1000. The quantitative estimate of drug-likeness (QED) is 0.529. The van der Waals surface area contributed by atoms with E-state index in [0.717, 1.165) is 10.5 Å². The van der Waals surface area contributed by atoms with Crippen molar-refractivity contribution in [3.05, 3.63) is 65.3 Å². The molecule has 0 spiro atoms. The zero-order chi connectivity index (χ0) is 20.8. The second-order valence-electron chi connectivity index (χ2n) is 6.51. The number of thiazole rings is 1. The van der Waals surface area contributed by atoms with E-state index in [-0.39, 0.29) is 29.4 Å². The zero-order valence-electron chi connectivity index (χ0n) is 15.9. The Balaban J connectivity index is 1.68. The van der Waals surface area contributed by atoms with Crippen LogP contribution in [0.3, 0.4) is 0 Å². The minimum absolute atomic E-state index is 0.0712. The van der Waals surface area contributed by atoms with Gasteiger partial charge in [0.15, 0.2) is 5.13 Å². The molecule has 2 N–H and O–H groups in total. The molecule has 0 aliphatic carbocycles. The standard InChI is InChI=1S/C21H20FN3O2S2/c1-13(2)23-19(26)12-28-18-6-4-3-5-16(18)20(27)25-21-24-17(11-29-21)14-7-9-15(22)10-8-14/h3-11,13H,12H2,1-2H3,(H,23,26)(H,24,25,27). The summed E-state index contributed by atoms with van der Waals surface area (Å²) in [5.41, 5.74) is 1.92. The average molecular weight is 430 g/mol. The van der Waals surface area contributed by atoms with Crippen LogP contribution in [0.5, 0.6) is 0 Å². The first-order chi connectivity index (χ1) is 13.9. The van der Waals surface area contributed by atoms with Gasteiger partial charge in [0.1, 0.15) is 5.82 Å². The number of rotatable bonds is 7. The molecule has 1 heterocycles. The molecule has 8 heteroatoms. The van der Waals surface area contributed by atoms with Gasteiger partial charge in [0.25, 0.3) is 5.91 Å². The van der Waals surface area contributed by atoms with E-state index in [1.54, 1.807) is 29.6 Å².